The number of hydrogen-bond acceptors (Lipinski definition) is 4. The summed E-state index contributed by atoms with van der Waals surface area (Å²) in [6.45, 7) is 17.9. The summed E-state index contributed by atoms with van der Waals surface area (Å²) < 4.78 is 14.4. The maximum absolute atomic E-state index is 11.8. The minimum Gasteiger partial charge on any atom is -0.437 e. The number of aryl methyl sites for hydroxylation is 2. The average Bonchev–Trinajstić information content (AvgIpc) is 2.43. The minimum atomic E-state index is -2.05. The van der Waals surface area contributed by atoms with Crippen LogP contribution in [0.3, 0.4) is 0 Å². The van der Waals surface area contributed by atoms with Crippen molar-refractivity contribution in [3.8, 4) is 0 Å². The number of rotatable bonds is 11. The van der Waals surface area contributed by atoms with Gasteiger partial charge in [0, 0.05) is 18.3 Å². The van der Waals surface area contributed by atoms with E-state index in [4.69, 9.17) is 8.23 Å². The maximum atomic E-state index is 11.8. The Morgan fingerprint density at radius 1 is 0.926 bits per heavy atom. The van der Waals surface area contributed by atoms with E-state index in [2.05, 4.69) is 50.8 Å². The van der Waals surface area contributed by atoms with Crippen molar-refractivity contribution >= 4 is 25.2 Å². The first-order chi connectivity index (χ1) is 12.2. The molecule has 0 fully saturated rings. The average molecular weight is 431 g/mol. The molecule has 0 aliphatic heterocycles. The lowest BCUT2D eigenvalue weighted by Crippen LogP contribution is -2.51. The summed E-state index contributed by atoms with van der Waals surface area (Å²) in [5, 5.41) is 0. The lowest BCUT2D eigenvalue weighted by molar-refractivity contribution is 0.390. The van der Waals surface area contributed by atoms with Gasteiger partial charge in [-0.15, -0.1) is 0 Å². The SMILES string of the molecule is Cc1cn(CCCCCC[Si](C)(C)O[Si](C)(C)O[Si](C)(C)C)c(=O)[nH]c1=O. The highest BCUT2D eigenvalue weighted by atomic mass is 28.5. The number of nitrogens with one attached hydrogen (secondary N) is 1. The van der Waals surface area contributed by atoms with Gasteiger partial charge in [0.05, 0.1) is 0 Å². The summed E-state index contributed by atoms with van der Waals surface area (Å²) in [6, 6.07) is 1.14. The molecule has 1 N–H and O–H groups in total. The number of unbranched alkanes of at least 4 members (excludes halogenated alkanes) is 3. The summed E-state index contributed by atoms with van der Waals surface area (Å²) in [5.74, 6) is 0. The molecule has 0 bridgehead atoms. The van der Waals surface area contributed by atoms with Crippen LogP contribution in [0.15, 0.2) is 15.8 Å². The molecule has 0 aliphatic rings. The second kappa shape index (κ2) is 9.64. The van der Waals surface area contributed by atoms with Gasteiger partial charge in [0.25, 0.3) is 5.56 Å². The fourth-order valence-electron chi connectivity index (χ4n) is 3.45. The predicted octanol–water partition coefficient (Wildman–Crippen LogP) is 4.18. The molecule has 0 saturated carbocycles. The van der Waals surface area contributed by atoms with Crippen molar-refractivity contribution in [3.05, 3.63) is 32.6 Å². The van der Waals surface area contributed by atoms with Gasteiger partial charge in [0.1, 0.15) is 0 Å². The maximum Gasteiger partial charge on any atom is 0.328 e. The van der Waals surface area contributed by atoms with Gasteiger partial charge in [-0.1, -0.05) is 19.3 Å². The van der Waals surface area contributed by atoms with Crippen LogP contribution in [-0.4, -0.2) is 34.7 Å². The van der Waals surface area contributed by atoms with Crippen molar-refractivity contribution in [3.63, 3.8) is 0 Å². The van der Waals surface area contributed by atoms with Crippen LogP contribution in [0.1, 0.15) is 31.2 Å². The van der Waals surface area contributed by atoms with Gasteiger partial charge in [-0.3, -0.25) is 9.78 Å². The van der Waals surface area contributed by atoms with E-state index in [-0.39, 0.29) is 11.2 Å². The third kappa shape index (κ3) is 9.84. The van der Waals surface area contributed by atoms with Gasteiger partial charge in [-0.2, -0.15) is 0 Å². The largest absolute Gasteiger partial charge is 0.437 e. The Labute approximate surface area is 166 Å². The summed E-state index contributed by atoms with van der Waals surface area (Å²) in [7, 11) is -5.35. The van der Waals surface area contributed by atoms with E-state index < -0.39 is 25.2 Å². The molecule has 156 valence electrons. The highest BCUT2D eigenvalue weighted by Crippen LogP contribution is 2.24. The summed E-state index contributed by atoms with van der Waals surface area (Å²) in [4.78, 5) is 25.5. The van der Waals surface area contributed by atoms with Gasteiger partial charge in [-0.25, -0.2) is 4.79 Å². The van der Waals surface area contributed by atoms with Crippen molar-refractivity contribution < 1.29 is 8.23 Å². The molecular formula is C18H38N2O4Si3. The van der Waals surface area contributed by atoms with E-state index in [0.29, 0.717) is 12.1 Å². The quantitative estimate of drug-likeness (QED) is 0.422. The van der Waals surface area contributed by atoms with Crippen LogP contribution in [0, 0.1) is 6.92 Å². The molecule has 9 heteroatoms. The first-order valence-electron chi connectivity index (χ1n) is 9.92. The zero-order valence-corrected chi connectivity index (χ0v) is 21.4. The number of H-pyrrole nitrogens is 1. The summed E-state index contributed by atoms with van der Waals surface area (Å²) >= 11 is 0. The van der Waals surface area contributed by atoms with Crippen LogP contribution in [0.4, 0.5) is 0 Å². The smallest absolute Gasteiger partial charge is 0.328 e. The Morgan fingerprint density at radius 3 is 2.11 bits per heavy atom. The van der Waals surface area contributed by atoms with Gasteiger partial charge >= 0.3 is 14.3 Å². The summed E-state index contributed by atoms with van der Waals surface area (Å²) in [6.07, 6.45) is 5.94. The lowest BCUT2D eigenvalue weighted by Gasteiger charge is -2.37. The molecule has 0 atom stereocenters. The number of hydrogen-bond donors (Lipinski definition) is 1. The molecule has 0 spiro atoms. The van der Waals surface area contributed by atoms with Gasteiger partial charge in [-0.05, 0) is 65.2 Å². The lowest BCUT2D eigenvalue weighted by atomic mass is 10.2. The number of aromatic amines is 1. The van der Waals surface area contributed by atoms with Crippen LogP contribution in [-0.2, 0) is 14.8 Å². The first-order valence-corrected chi connectivity index (χ1v) is 19.3. The van der Waals surface area contributed by atoms with Crippen molar-refractivity contribution in [2.45, 2.75) is 91.0 Å². The molecule has 1 aromatic heterocycles. The van der Waals surface area contributed by atoms with E-state index in [1.165, 1.54) is 0 Å². The molecule has 27 heavy (non-hydrogen) atoms. The minimum absolute atomic E-state index is 0.298. The van der Waals surface area contributed by atoms with E-state index in [1.807, 2.05) is 0 Å². The predicted molar refractivity (Wildman–Crippen MR) is 120 cm³/mol. The molecular weight excluding hydrogens is 392 g/mol. The van der Waals surface area contributed by atoms with Crippen molar-refractivity contribution in [2.24, 2.45) is 0 Å². The van der Waals surface area contributed by atoms with Crippen molar-refractivity contribution in [1.82, 2.24) is 9.55 Å². The van der Waals surface area contributed by atoms with Crippen molar-refractivity contribution in [1.29, 1.82) is 0 Å². The van der Waals surface area contributed by atoms with Crippen LogP contribution in [0.2, 0.25) is 51.9 Å². The Balaban J connectivity index is 2.36. The van der Waals surface area contributed by atoms with Crippen LogP contribution < -0.4 is 11.2 Å². The Hall–Kier alpha value is -0.749. The molecule has 1 rings (SSSR count). The van der Waals surface area contributed by atoms with Crippen LogP contribution in [0.25, 0.3) is 0 Å². The van der Waals surface area contributed by atoms with Gasteiger partial charge in [0.15, 0.2) is 16.6 Å². The van der Waals surface area contributed by atoms with E-state index in [9.17, 15) is 9.59 Å². The number of nitrogens with zero attached hydrogens (tertiary/aromatic N) is 1. The molecule has 0 saturated heterocycles. The molecule has 0 radical (unpaired) electrons. The normalized spacial score (nSPS) is 13.2. The first kappa shape index (κ1) is 24.3. The molecule has 0 aromatic carbocycles. The Kier molecular flexibility index (Phi) is 8.67. The van der Waals surface area contributed by atoms with Crippen molar-refractivity contribution in [2.75, 3.05) is 0 Å². The monoisotopic (exact) mass is 430 g/mol. The Bertz CT molecular complexity index is 721. The highest BCUT2D eigenvalue weighted by Gasteiger charge is 2.37. The van der Waals surface area contributed by atoms with Gasteiger partial charge < -0.3 is 12.8 Å². The standard InChI is InChI=1S/C18H38N2O4Si3/c1-16-15-20(18(22)19-17(16)21)13-11-9-10-12-14-26(5,6)24-27(7,8)23-25(2,3)4/h15H,9-14H2,1-8H3,(H,19,21,22). The Morgan fingerprint density at radius 2 is 1.52 bits per heavy atom. The zero-order valence-electron chi connectivity index (χ0n) is 18.4. The fourth-order valence-corrected chi connectivity index (χ4v) is 16.7. The third-order valence-electron chi connectivity index (χ3n) is 4.19. The molecule has 1 aromatic rings. The van der Waals surface area contributed by atoms with E-state index >= 15 is 0 Å². The second-order valence-corrected chi connectivity index (χ2v) is 22.1. The topological polar surface area (TPSA) is 73.3 Å². The molecule has 0 amide bonds. The summed E-state index contributed by atoms with van der Waals surface area (Å²) in [5.41, 5.74) is -0.0398. The number of aromatic nitrogens is 2. The van der Waals surface area contributed by atoms with E-state index in [1.54, 1.807) is 17.7 Å². The molecule has 1 heterocycles. The fraction of sp³-hybridized carbons (Fsp3) is 0.778. The molecule has 0 aliphatic carbocycles. The molecule has 0 unspecified atom stereocenters. The molecule has 6 nitrogen and oxygen atoms in total. The second-order valence-electron chi connectivity index (χ2n) is 9.41. The van der Waals surface area contributed by atoms with Crippen LogP contribution in [0.5, 0.6) is 0 Å². The highest BCUT2D eigenvalue weighted by molar-refractivity contribution is 6.87. The van der Waals surface area contributed by atoms with E-state index in [0.717, 1.165) is 31.7 Å². The van der Waals surface area contributed by atoms with Gasteiger partial charge in [0.2, 0.25) is 0 Å². The zero-order chi connectivity index (χ0) is 20.9. The van der Waals surface area contributed by atoms with Crippen LogP contribution >= 0.6 is 0 Å². The third-order valence-corrected chi connectivity index (χ3v) is 14.3.